The predicted molar refractivity (Wildman–Crippen MR) is 79.7 cm³/mol. The van der Waals surface area contributed by atoms with Gasteiger partial charge in [-0.1, -0.05) is 39.0 Å². The summed E-state index contributed by atoms with van der Waals surface area (Å²) in [5.41, 5.74) is 6.24. The second-order valence-electron chi connectivity index (χ2n) is 5.77. The van der Waals surface area contributed by atoms with Gasteiger partial charge in [0.05, 0.1) is 0 Å². The van der Waals surface area contributed by atoms with Crippen molar-refractivity contribution >= 4 is 5.91 Å². The van der Waals surface area contributed by atoms with Gasteiger partial charge < -0.3 is 11.1 Å². The summed E-state index contributed by atoms with van der Waals surface area (Å²) in [6, 6.07) is 6.56. The van der Waals surface area contributed by atoms with Crippen LogP contribution in [0.3, 0.4) is 0 Å². The Morgan fingerprint density at radius 1 is 1.30 bits per heavy atom. The Labute approximate surface area is 120 Å². The molecular weight excluding hydrogens is 255 g/mol. The van der Waals surface area contributed by atoms with Crippen LogP contribution in [0.25, 0.3) is 0 Å². The van der Waals surface area contributed by atoms with Crippen molar-refractivity contribution in [1.29, 1.82) is 0 Å². The number of nitrogens with two attached hydrogens (primary N) is 1. The number of halogens is 1. The Morgan fingerprint density at radius 2 is 1.95 bits per heavy atom. The number of hydrogen-bond donors (Lipinski definition) is 2. The third-order valence-corrected chi connectivity index (χ3v) is 3.32. The first-order valence-electron chi connectivity index (χ1n) is 7.17. The largest absolute Gasteiger partial charge is 0.352 e. The molecule has 2 unspecified atom stereocenters. The van der Waals surface area contributed by atoms with Gasteiger partial charge in [0.15, 0.2) is 0 Å². The van der Waals surface area contributed by atoms with Crippen molar-refractivity contribution in [2.24, 2.45) is 17.6 Å². The van der Waals surface area contributed by atoms with Crippen LogP contribution in [0.4, 0.5) is 4.39 Å². The normalized spacial score (nSPS) is 14.1. The Morgan fingerprint density at radius 3 is 2.50 bits per heavy atom. The summed E-state index contributed by atoms with van der Waals surface area (Å²) in [5.74, 6) is -0.118. The molecule has 0 heterocycles. The first kappa shape index (κ1) is 16.6. The molecule has 1 rings (SSSR count). The highest BCUT2D eigenvalue weighted by Gasteiger charge is 2.19. The summed E-state index contributed by atoms with van der Waals surface area (Å²) in [4.78, 5) is 12.1. The van der Waals surface area contributed by atoms with Crippen molar-refractivity contribution in [3.8, 4) is 0 Å². The lowest BCUT2D eigenvalue weighted by Gasteiger charge is -2.21. The number of carbonyl (C=O) groups is 1. The van der Waals surface area contributed by atoms with Crippen LogP contribution in [0.5, 0.6) is 0 Å². The third-order valence-electron chi connectivity index (χ3n) is 3.32. The molecule has 0 aliphatic carbocycles. The molecule has 0 spiro atoms. The lowest BCUT2D eigenvalue weighted by atomic mass is 9.98. The highest BCUT2D eigenvalue weighted by molar-refractivity contribution is 5.78. The molecule has 0 bridgehead atoms. The zero-order valence-corrected chi connectivity index (χ0v) is 12.5. The summed E-state index contributed by atoms with van der Waals surface area (Å²) in [6.45, 7) is 6.43. The molecule has 0 aromatic heterocycles. The van der Waals surface area contributed by atoms with Gasteiger partial charge in [-0.3, -0.25) is 4.79 Å². The first-order chi connectivity index (χ1) is 9.43. The summed E-state index contributed by atoms with van der Waals surface area (Å²) in [5, 5.41) is 2.95. The lowest BCUT2D eigenvalue weighted by molar-refractivity contribution is -0.125. The molecule has 0 saturated carbocycles. The van der Waals surface area contributed by atoms with Crippen LogP contribution in [0.1, 0.15) is 32.8 Å². The smallest absolute Gasteiger partial charge is 0.223 e. The van der Waals surface area contributed by atoms with Crippen LogP contribution in [0.15, 0.2) is 24.3 Å². The van der Waals surface area contributed by atoms with Crippen LogP contribution in [0, 0.1) is 17.7 Å². The van der Waals surface area contributed by atoms with E-state index in [1.54, 1.807) is 18.2 Å². The van der Waals surface area contributed by atoms with Gasteiger partial charge in [-0.25, -0.2) is 4.39 Å². The molecule has 1 aromatic rings. The van der Waals surface area contributed by atoms with Crippen molar-refractivity contribution in [3.05, 3.63) is 35.6 Å². The standard InChI is InChI=1S/C16H25FN2O/c1-11(2)8-14(10-18)19-16(20)12(3)9-13-6-4-5-7-15(13)17/h4-7,11-12,14H,8-10,18H2,1-3H3,(H,19,20). The van der Waals surface area contributed by atoms with E-state index in [9.17, 15) is 9.18 Å². The summed E-state index contributed by atoms with van der Waals surface area (Å²) < 4.78 is 13.6. The van der Waals surface area contributed by atoms with E-state index < -0.39 is 0 Å². The van der Waals surface area contributed by atoms with E-state index in [4.69, 9.17) is 5.73 Å². The zero-order chi connectivity index (χ0) is 15.1. The van der Waals surface area contributed by atoms with E-state index in [0.717, 1.165) is 6.42 Å². The van der Waals surface area contributed by atoms with Crippen molar-refractivity contribution in [1.82, 2.24) is 5.32 Å². The number of carbonyl (C=O) groups excluding carboxylic acids is 1. The maximum absolute atomic E-state index is 13.6. The Kier molecular flexibility index (Phi) is 6.65. The van der Waals surface area contributed by atoms with Crippen LogP contribution in [-0.2, 0) is 11.2 Å². The maximum Gasteiger partial charge on any atom is 0.223 e. The average Bonchev–Trinajstić information content (AvgIpc) is 2.39. The molecule has 0 saturated heterocycles. The number of hydrogen-bond acceptors (Lipinski definition) is 2. The Balaban J connectivity index is 2.56. The van der Waals surface area contributed by atoms with Crippen molar-refractivity contribution < 1.29 is 9.18 Å². The molecule has 2 atom stereocenters. The number of amides is 1. The van der Waals surface area contributed by atoms with Gasteiger partial charge in [0.2, 0.25) is 5.91 Å². The quantitative estimate of drug-likeness (QED) is 0.806. The van der Waals surface area contributed by atoms with E-state index in [2.05, 4.69) is 19.2 Å². The van der Waals surface area contributed by atoms with Gasteiger partial charge >= 0.3 is 0 Å². The molecule has 1 amide bonds. The number of nitrogens with one attached hydrogen (secondary N) is 1. The Hall–Kier alpha value is -1.42. The van der Waals surface area contributed by atoms with Crippen molar-refractivity contribution in [3.63, 3.8) is 0 Å². The fraction of sp³-hybridized carbons (Fsp3) is 0.562. The van der Waals surface area contributed by atoms with Gasteiger partial charge in [-0.2, -0.15) is 0 Å². The molecule has 4 heteroatoms. The Bertz CT molecular complexity index is 434. The third kappa shape index (κ3) is 5.29. The fourth-order valence-corrected chi connectivity index (χ4v) is 2.21. The van der Waals surface area contributed by atoms with Crippen LogP contribution in [-0.4, -0.2) is 18.5 Å². The predicted octanol–water partition coefficient (Wildman–Crippen LogP) is 2.49. The molecule has 3 nitrogen and oxygen atoms in total. The number of benzene rings is 1. The number of rotatable bonds is 7. The minimum atomic E-state index is -0.270. The first-order valence-corrected chi connectivity index (χ1v) is 7.17. The van der Waals surface area contributed by atoms with Crippen LogP contribution in [0.2, 0.25) is 0 Å². The highest BCUT2D eigenvalue weighted by atomic mass is 19.1. The fourth-order valence-electron chi connectivity index (χ4n) is 2.21. The van der Waals surface area contributed by atoms with Gasteiger partial charge in [0.1, 0.15) is 5.82 Å². The topological polar surface area (TPSA) is 55.1 Å². The molecule has 0 aliphatic rings. The summed E-state index contributed by atoms with van der Waals surface area (Å²) in [7, 11) is 0. The molecule has 20 heavy (non-hydrogen) atoms. The van der Waals surface area contributed by atoms with E-state index in [1.165, 1.54) is 6.07 Å². The molecular formula is C16H25FN2O. The lowest BCUT2D eigenvalue weighted by Crippen LogP contribution is -2.43. The van der Waals surface area contributed by atoms with E-state index in [1.807, 2.05) is 6.92 Å². The van der Waals surface area contributed by atoms with Crippen LogP contribution < -0.4 is 11.1 Å². The van der Waals surface area contributed by atoms with E-state index in [-0.39, 0.29) is 23.7 Å². The van der Waals surface area contributed by atoms with E-state index >= 15 is 0 Å². The van der Waals surface area contributed by atoms with Crippen molar-refractivity contribution in [2.75, 3.05) is 6.54 Å². The monoisotopic (exact) mass is 280 g/mol. The van der Waals surface area contributed by atoms with Gasteiger partial charge in [0.25, 0.3) is 0 Å². The van der Waals surface area contributed by atoms with Crippen molar-refractivity contribution in [2.45, 2.75) is 39.7 Å². The molecule has 112 valence electrons. The van der Waals surface area contributed by atoms with E-state index in [0.29, 0.717) is 24.4 Å². The van der Waals surface area contributed by atoms with Gasteiger partial charge in [-0.05, 0) is 30.4 Å². The minimum Gasteiger partial charge on any atom is -0.352 e. The highest BCUT2D eigenvalue weighted by Crippen LogP contribution is 2.13. The summed E-state index contributed by atoms with van der Waals surface area (Å²) >= 11 is 0. The SMILES string of the molecule is CC(C)CC(CN)NC(=O)C(C)Cc1ccccc1F. The van der Waals surface area contributed by atoms with Gasteiger partial charge in [-0.15, -0.1) is 0 Å². The molecule has 3 N–H and O–H groups in total. The molecule has 0 aliphatic heterocycles. The second-order valence-corrected chi connectivity index (χ2v) is 5.77. The molecule has 0 fully saturated rings. The average molecular weight is 280 g/mol. The van der Waals surface area contributed by atoms with Crippen LogP contribution >= 0.6 is 0 Å². The summed E-state index contributed by atoms with van der Waals surface area (Å²) in [6.07, 6.45) is 1.26. The minimum absolute atomic E-state index is 0.00873. The molecule has 0 radical (unpaired) electrons. The molecule has 1 aromatic carbocycles. The maximum atomic E-state index is 13.6. The van der Waals surface area contributed by atoms with Gasteiger partial charge in [0, 0.05) is 18.5 Å². The zero-order valence-electron chi connectivity index (χ0n) is 12.5. The second kappa shape index (κ2) is 8.00.